The average molecular weight is 645 g/mol. The minimum absolute atomic E-state index is 0.107. The molecule has 0 radical (unpaired) electrons. The van der Waals surface area contributed by atoms with E-state index in [9.17, 15) is 14.7 Å². The number of halogens is 1. The Balaban J connectivity index is 1.11. The van der Waals surface area contributed by atoms with Gasteiger partial charge >= 0.3 is 0 Å². The van der Waals surface area contributed by atoms with Gasteiger partial charge in [-0.1, -0.05) is 72.6 Å². The number of carbonyl (C=O) groups excluding carboxylic acids is 2. The number of carbonyl (C=O) groups is 2. The number of rotatable bonds is 9. The van der Waals surface area contributed by atoms with Crippen LogP contribution >= 0.6 is 11.6 Å². The van der Waals surface area contributed by atoms with Crippen LogP contribution in [-0.4, -0.2) is 29.6 Å². The molecule has 2 aliphatic heterocycles. The summed E-state index contributed by atoms with van der Waals surface area (Å²) in [6.45, 7) is 2.57. The van der Waals surface area contributed by atoms with E-state index in [4.69, 9.17) is 16.3 Å². The van der Waals surface area contributed by atoms with Crippen LogP contribution in [0.5, 0.6) is 5.75 Å². The number of phenols is 1. The minimum atomic E-state index is -0.417. The van der Waals surface area contributed by atoms with E-state index in [0.29, 0.717) is 23.7 Å². The largest absolute Gasteiger partial charge is 0.508 e. The summed E-state index contributed by atoms with van der Waals surface area (Å²) in [5.74, 6) is -1.00. The zero-order chi connectivity index (χ0) is 32.5. The van der Waals surface area contributed by atoms with Crippen molar-refractivity contribution in [3.8, 4) is 5.75 Å². The van der Waals surface area contributed by atoms with Crippen molar-refractivity contribution in [3.63, 3.8) is 0 Å². The molecule has 2 heterocycles. The lowest BCUT2D eigenvalue weighted by atomic mass is 9.69. The van der Waals surface area contributed by atoms with Crippen molar-refractivity contribution < 1.29 is 19.4 Å². The number of allylic oxidation sites excluding steroid dienone is 2. The van der Waals surface area contributed by atoms with Crippen LogP contribution in [0.25, 0.3) is 11.6 Å². The highest BCUT2D eigenvalue weighted by Crippen LogP contribution is 2.51. The van der Waals surface area contributed by atoms with Crippen LogP contribution in [0.1, 0.15) is 43.7 Å². The molecular formula is C40H37ClN2O4. The summed E-state index contributed by atoms with van der Waals surface area (Å²) in [6, 6.07) is 32.6. The number of para-hydroxylation sites is 1. The molecule has 2 N–H and O–H groups in total. The molecule has 0 bridgehead atoms. The van der Waals surface area contributed by atoms with Gasteiger partial charge in [-0.3, -0.25) is 14.5 Å². The summed E-state index contributed by atoms with van der Waals surface area (Å²) >= 11 is 6.49. The average Bonchev–Trinajstić information content (AvgIpc) is 3.62. The van der Waals surface area contributed by atoms with Gasteiger partial charge < -0.3 is 15.2 Å². The van der Waals surface area contributed by atoms with Gasteiger partial charge in [-0.25, -0.2) is 0 Å². The lowest BCUT2D eigenvalue weighted by Gasteiger charge is -2.31. The molecule has 3 aliphatic rings. The van der Waals surface area contributed by atoms with E-state index in [1.165, 1.54) is 16.0 Å². The first-order chi connectivity index (χ1) is 22.9. The Morgan fingerprint density at radius 2 is 1.62 bits per heavy atom. The van der Waals surface area contributed by atoms with Gasteiger partial charge in [0.05, 0.1) is 35.3 Å². The summed E-state index contributed by atoms with van der Waals surface area (Å²) in [5.41, 5.74) is 7.96. The first-order valence-corrected chi connectivity index (χ1v) is 16.7. The SMILES string of the molecule is CCC1=C2[C@@H](CC/C(=C/c3ccc(O)cc3Cl)c3ccccc3)OC[C@@H]2[C@@H]2C(=O)N(c3ccc(Nc4ccccc4)cc3)C(=O)[C@@H]2C1. The molecule has 0 unspecified atom stereocenters. The molecular weight excluding hydrogens is 608 g/mol. The summed E-state index contributed by atoms with van der Waals surface area (Å²) in [7, 11) is 0. The van der Waals surface area contributed by atoms with Crippen molar-refractivity contribution in [1.82, 2.24) is 0 Å². The monoisotopic (exact) mass is 644 g/mol. The third-order valence-electron chi connectivity index (χ3n) is 9.76. The Labute approximate surface area is 280 Å². The van der Waals surface area contributed by atoms with E-state index in [0.717, 1.165) is 47.3 Å². The fourth-order valence-corrected chi connectivity index (χ4v) is 7.74. The third-order valence-corrected chi connectivity index (χ3v) is 10.1. The predicted molar refractivity (Wildman–Crippen MR) is 187 cm³/mol. The number of benzene rings is 4. The molecule has 4 aromatic rings. The first kappa shape index (κ1) is 31.0. The first-order valence-electron chi connectivity index (χ1n) is 16.3. The van der Waals surface area contributed by atoms with Crippen LogP contribution in [0.3, 0.4) is 0 Å². The zero-order valence-electron chi connectivity index (χ0n) is 26.2. The van der Waals surface area contributed by atoms with E-state index in [-0.39, 0.29) is 35.5 Å². The molecule has 7 heteroatoms. The second-order valence-electron chi connectivity index (χ2n) is 12.5. The van der Waals surface area contributed by atoms with Crippen LogP contribution in [0.2, 0.25) is 5.02 Å². The van der Waals surface area contributed by atoms with E-state index >= 15 is 0 Å². The Kier molecular flexibility index (Phi) is 8.72. The number of anilines is 3. The van der Waals surface area contributed by atoms with Gasteiger partial charge in [-0.2, -0.15) is 0 Å². The molecule has 2 fully saturated rings. The van der Waals surface area contributed by atoms with Crippen molar-refractivity contribution in [1.29, 1.82) is 0 Å². The summed E-state index contributed by atoms with van der Waals surface area (Å²) in [4.78, 5) is 29.3. The molecule has 7 rings (SSSR count). The second-order valence-corrected chi connectivity index (χ2v) is 12.9. The number of amides is 2. The highest BCUT2D eigenvalue weighted by atomic mass is 35.5. The standard InChI is InChI=1S/C40H37ClN2O4/c1-2-25-22-33-38(40(46)43(39(33)45)31-17-15-30(16-18-31)42-29-11-7-4-8-12-29)34-24-47-36(37(25)34)20-14-27(26-9-5-3-6-10-26)21-28-13-19-32(44)23-35(28)41/h3-13,15-19,21,23,33-34,36,38,42,44H,2,14,20,22,24H2,1H3/b27-21-/t33-,34+,36-,38-/m1/s1. The molecule has 2 saturated heterocycles. The number of imide groups is 1. The van der Waals surface area contributed by atoms with Crippen molar-refractivity contribution >= 4 is 52.1 Å². The normalized spacial score (nSPS) is 22.4. The maximum absolute atomic E-state index is 14.1. The number of nitrogens with one attached hydrogen (secondary N) is 1. The molecule has 0 spiro atoms. The number of aromatic hydroxyl groups is 1. The molecule has 4 aromatic carbocycles. The minimum Gasteiger partial charge on any atom is -0.508 e. The number of nitrogens with zero attached hydrogens (tertiary/aromatic N) is 1. The number of fused-ring (bicyclic) bond motifs is 3. The highest BCUT2D eigenvalue weighted by Gasteiger charge is 2.57. The van der Waals surface area contributed by atoms with E-state index in [2.05, 4.69) is 30.4 Å². The molecule has 1 aliphatic carbocycles. The van der Waals surface area contributed by atoms with Gasteiger partial charge in [0.2, 0.25) is 11.8 Å². The van der Waals surface area contributed by atoms with Crippen LogP contribution in [0, 0.1) is 17.8 Å². The number of hydrogen-bond acceptors (Lipinski definition) is 5. The second kappa shape index (κ2) is 13.2. The van der Waals surface area contributed by atoms with Crippen LogP contribution < -0.4 is 10.2 Å². The van der Waals surface area contributed by atoms with Crippen molar-refractivity contribution in [3.05, 3.63) is 130 Å². The topological polar surface area (TPSA) is 78.9 Å². The molecule has 47 heavy (non-hydrogen) atoms. The quantitative estimate of drug-likeness (QED) is 0.108. The Bertz CT molecular complexity index is 1850. The van der Waals surface area contributed by atoms with Crippen molar-refractivity contribution in [2.45, 2.75) is 38.7 Å². The lowest BCUT2D eigenvalue weighted by Crippen LogP contribution is -2.34. The lowest BCUT2D eigenvalue weighted by molar-refractivity contribution is -0.122. The molecule has 6 nitrogen and oxygen atoms in total. The van der Waals surface area contributed by atoms with Gasteiger partial charge in [0.1, 0.15) is 5.75 Å². The van der Waals surface area contributed by atoms with Crippen LogP contribution in [0.4, 0.5) is 17.1 Å². The predicted octanol–water partition coefficient (Wildman–Crippen LogP) is 9.04. The van der Waals surface area contributed by atoms with Gasteiger partial charge in [0.15, 0.2) is 0 Å². The van der Waals surface area contributed by atoms with Gasteiger partial charge in [0, 0.05) is 17.3 Å². The molecule has 4 atom stereocenters. The Morgan fingerprint density at radius 1 is 0.915 bits per heavy atom. The van der Waals surface area contributed by atoms with Crippen LogP contribution in [0.15, 0.2) is 114 Å². The van der Waals surface area contributed by atoms with Crippen LogP contribution in [-0.2, 0) is 14.3 Å². The summed E-state index contributed by atoms with van der Waals surface area (Å²) < 4.78 is 6.48. The number of hydrogen-bond donors (Lipinski definition) is 2. The van der Waals surface area contributed by atoms with E-state index in [1.807, 2.05) is 78.9 Å². The van der Waals surface area contributed by atoms with Gasteiger partial charge in [-0.15, -0.1) is 0 Å². The smallest absolute Gasteiger partial charge is 0.238 e. The third kappa shape index (κ3) is 6.11. The maximum Gasteiger partial charge on any atom is 0.238 e. The number of ether oxygens (including phenoxy) is 1. The van der Waals surface area contributed by atoms with Gasteiger partial charge in [0.25, 0.3) is 0 Å². The molecule has 0 saturated carbocycles. The van der Waals surface area contributed by atoms with Crippen molar-refractivity contribution in [2.24, 2.45) is 17.8 Å². The molecule has 0 aromatic heterocycles. The maximum atomic E-state index is 14.1. The fraction of sp³-hybridized carbons (Fsp3) is 0.250. The highest BCUT2D eigenvalue weighted by molar-refractivity contribution is 6.32. The van der Waals surface area contributed by atoms with E-state index < -0.39 is 5.92 Å². The summed E-state index contributed by atoms with van der Waals surface area (Å²) in [6.07, 6.45) is 4.83. The Morgan fingerprint density at radius 3 is 2.32 bits per heavy atom. The fourth-order valence-electron chi connectivity index (χ4n) is 7.51. The van der Waals surface area contributed by atoms with Gasteiger partial charge in [-0.05, 0) is 109 Å². The molecule has 2 amide bonds. The van der Waals surface area contributed by atoms with E-state index in [1.54, 1.807) is 12.1 Å². The number of phenolic OH excluding ortho intramolecular Hbond substituents is 1. The summed E-state index contributed by atoms with van der Waals surface area (Å²) in [5, 5.41) is 13.7. The van der Waals surface area contributed by atoms with Crippen molar-refractivity contribution in [2.75, 3.05) is 16.8 Å². The zero-order valence-corrected chi connectivity index (χ0v) is 27.0. The molecule has 238 valence electrons. The Hall–Kier alpha value is -4.65.